The second kappa shape index (κ2) is 4.35. The van der Waals surface area contributed by atoms with Crippen LogP contribution in [0, 0.1) is 0 Å². The number of aromatic carboxylic acids is 1. The number of thiazole rings is 1. The molecule has 16 heavy (non-hydrogen) atoms. The number of carboxylic acids is 1. The number of hydrogen-bond acceptors (Lipinski definition) is 4. The van der Waals surface area contributed by atoms with E-state index in [0.29, 0.717) is 10.6 Å². The fraction of sp³-hybridized carbons (Fsp3) is 0.273. The molecule has 2 aromatic rings. The van der Waals surface area contributed by atoms with E-state index in [0.717, 1.165) is 10.6 Å². The number of carbonyl (C=O) groups is 1. The third kappa shape index (κ3) is 2.01. The summed E-state index contributed by atoms with van der Waals surface area (Å²) in [5, 5.41) is 13.8. The van der Waals surface area contributed by atoms with Gasteiger partial charge in [-0.25, -0.2) is 9.78 Å². The van der Waals surface area contributed by atoms with Crippen molar-refractivity contribution in [3.63, 3.8) is 0 Å². The fourth-order valence-electron chi connectivity index (χ4n) is 1.39. The highest BCUT2D eigenvalue weighted by Crippen LogP contribution is 2.32. The lowest BCUT2D eigenvalue weighted by atomic mass is 10.1. The summed E-state index contributed by atoms with van der Waals surface area (Å²) in [5.74, 6) is -0.752. The summed E-state index contributed by atoms with van der Waals surface area (Å²) in [6.07, 6.45) is 0. The van der Waals surface area contributed by atoms with Gasteiger partial charge < -0.3 is 5.11 Å². The van der Waals surface area contributed by atoms with Crippen LogP contribution in [0.4, 0.5) is 0 Å². The van der Waals surface area contributed by atoms with Crippen molar-refractivity contribution >= 4 is 28.6 Å². The molecule has 0 fully saturated rings. The zero-order valence-electron chi connectivity index (χ0n) is 8.93. The lowest BCUT2D eigenvalue weighted by Crippen LogP contribution is -2.00. The van der Waals surface area contributed by atoms with Gasteiger partial charge in [0.15, 0.2) is 0 Å². The lowest BCUT2D eigenvalue weighted by molar-refractivity contribution is 0.0700. The van der Waals surface area contributed by atoms with Crippen molar-refractivity contribution in [3.8, 4) is 10.6 Å². The molecule has 0 aliphatic heterocycles. The normalized spacial score (nSPS) is 10.9. The number of carboxylic acid groups (broad SMARTS) is 1. The van der Waals surface area contributed by atoms with Crippen LogP contribution >= 0.6 is 22.7 Å². The van der Waals surface area contributed by atoms with E-state index in [9.17, 15) is 4.79 Å². The summed E-state index contributed by atoms with van der Waals surface area (Å²) in [6.45, 7) is 3.91. The molecule has 0 aliphatic rings. The summed E-state index contributed by atoms with van der Waals surface area (Å²) >= 11 is 2.84. The SMILES string of the molecule is CC(C)c1nc(-c2ccsc2)sc1C(=O)O. The minimum Gasteiger partial charge on any atom is -0.477 e. The van der Waals surface area contributed by atoms with Crippen LogP contribution in [0.3, 0.4) is 0 Å². The molecule has 0 unspecified atom stereocenters. The van der Waals surface area contributed by atoms with Crippen molar-refractivity contribution in [2.75, 3.05) is 0 Å². The largest absolute Gasteiger partial charge is 0.477 e. The van der Waals surface area contributed by atoms with Crippen LogP contribution in [0.5, 0.6) is 0 Å². The fourth-order valence-corrected chi connectivity index (χ4v) is 3.16. The van der Waals surface area contributed by atoms with E-state index in [-0.39, 0.29) is 5.92 Å². The van der Waals surface area contributed by atoms with Gasteiger partial charge in [0, 0.05) is 10.9 Å². The molecule has 3 nitrogen and oxygen atoms in total. The van der Waals surface area contributed by atoms with E-state index in [1.807, 2.05) is 30.7 Å². The first-order valence-electron chi connectivity index (χ1n) is 4.86. The molecular formula is C11H11NO2S2. The van der Waals surface area contributed by atoms with E-state index >= 15 is 0 Å². The number of hydrogen-bond donors (Lipinski definition) is 1. The van der Waals surface area contributed by atoms with E-state index in [4.69, 9.17) is 5.11 Å². The van der Waals surface area contributed by atoms with E-state index in [1.165, 1.54) is 11.3 Å². The molecule has 0 saturated carbocycles. The monoisotopic (exact) mass is 253 g/mol. The van der Waals surface area contributed by atoms with Crippen LogP contribution in [0.25, 0.3) is 10.6 Å². The molecule has 0 aromatic carbocycles. The molecule has 0 atom stereocenters. The predicted molar refractivity (Wildman–Crippen MR) is 66.5 cm³/mol. The second-order valence-corrected chi connectivity index (χ2v) is 5.48. The maximum absolute atomic E-state index is 11.1. The minimum absolute atomic E-state index is 0.134. The van der Waals surface area contributed by atoms with Crippen molar-refractivity contribution in [1.82, 2.24) is 4.98 Å². The standard InChI is InChI=1S/C11H11NO2S2/c1-6(2)8-9(11(13)14)16-10(12-8)7-3-4-15-5-7/h3-6H,1-2H3,(H,13,14). The summed E-state index contributed by atoms with van der Waals surface area (Å²) < 4.78 is 0. The van der Waals surface area contributed by atoms with Gasteiger partial charge in [0.25, 0.3) is 0 Å². The van der Waals surface area contributed by atoms with Crippen LogP contribution in [0.15, 0.2) is 16.8 Å². The Morgan fingerprint density at radius 1 is 1.50 bits per heavy atom. The Morgan fingerprint density at radius 2 is 2.25 bits per heavy atom. The Bertz CT molecular complexity index is 500. The zero-order chi connectivity index (χ0) is 11.7. The minimum atomic E-state index is -0.886. The first-order valence-corrected chi connectivity index (χ1v) is 6.62. The molecule has 0 aliphatic carbocycles. The summed E-state index contributed by atoms with van der Waals surface area (Å²) in [7, 11) is 0. The Morgan fingerprint density at radius 3 is 2.69 bits per heavy atom. The Balaban J connectivity index is 2.51. The molecule has 2 heterocycles. The highest BCUT2D eigenvalue weighted by Gasteiger charge is 2.20. The van der Waals surface area contributed by atoms with Crippen molar-refractivity contribution in [2.24, 2.45) is 0 Å². The van der Waals surface area contributed by atoms with Crippen molar-refractivity contribution in [1.29, 1.82) is 0 Å². The molecule has 2 rings (SSSR count). The smallest absolute Gasteiger partial charge is 0.347 e. The van der Waals surface area contributed by atoms with Crippen LogP contribution in [-0.2, 0) is 0 Å². The van der Waals surface area contributed by atoms with Gasteiger partial charge in [0.1, 0.15) is 9.88 Å². The molecule has 1 N–H and O–H groups in total. The van der Waals surface area contributed by atoms with Crippen molar-refractivity contribution in [2.45, 2.75) is 19.8 Å². The number of nitrogens with zero attached hydrogens (tertiary/aromatic N) is 1. The molecule has 84 valence electrons. The van der Waals surface area contributed by atoms with Gasteiger partial charge in [-0.3, -0.25) is 0 Å². The third-order valence-corrected chi connectivity index (χ3v) is 3.95. The van der Waals surface area contributed by atoms with Gasteiger partial charge in [-0.1, -0.05) is 13.8 Å². The Kier molecular flexibility index (Phi) is 3.07. The van der Waals surface area contributed by atoms with Crippen LogP contribution < -0.4 is 0 Å². The molecular weight excluding hydrogens is 242 g/mol. The second-order valence-electron chi connectivity index (χ2n) is 3.71. The van der Waals surface area contributed by atoms with E-state index in [1.54, 1.807) is 11.3 Å². The number of aromatic nitrogens is 1. The Hall–Kier alpha value is -1.20. The summed E-state index contributed by atoms with van der Waals surface area (Å²) in [5.41, 5.74) is 1.68. The molecule has 0 radical (unpaired) electrons. The summed E-state index contributed by atoms with van der Waals surface area (Å²) in [4.78, 5) is 15.9. The van der Waals surface area contributed by atoms with E-state index < -0.39 is 5.97 Å². The molecule has 2 aromatic heterocycles. The van der Waals surface area contributed by atoms with Gasteiger partial charge in [-0.15, -0.1) is 11.3 Å². The molecule has 5 heteroatoms. The predicted octanol–water partition coefficient (Wildman–Crippen LogP) is 3.69. The summed E-state index contributed by atoms with van der Waals surface area (Å²) in [6, 6.07) is 1.96. The first-order chi connectivity index (χ1) is 7.59. The van der Waals surface area contributed by atoms with Crippen molar-refractivity contribution < 1.29 is 9.90 Å². The van der Waals surface area contributed by atoms with Crippen LogP contribution in [0.2, 0.25) is 0 Å². The van der Waals surface area contributed by atoms with Gasteiger partial charge in [-0.05, 0) is 17.4 Å². The molecule has 0 saturated heterocycles. The molecule has 0 spiro atoms. The zero-order valence-corrected chi connectivity index (χ0v) is 10.6. The quantitative estimate of drug-likeness (QED) is 0.907. The van der Waals surface area contributed by atoms with Crippen LogP contribution in [-0.4, -0.2) is 16.1 Å². The highest BCUT2D eigenvalue weighted by molar-refractivity contribution is 7.17. The Labute approximate surface area is 101 Å². The topological polar surface area (TPSA) is 50.2 Å². The van der Waals surface area contributed by atoms with Crippen LogP contribution in [0.1, 0.15) is 35.1 Å². The van der Waals surface area contributed by atoms with Gasteiger partial charge >= 0.3 is 5.97 Å². The average Bonchev–Trinajstić information content (AvgIpc) is 2.86. The van der Waals surface area contributed by atoms with E-state index in [2.05, 4.69) is 4.98 Å². The van der Waals surface area contributed by atoms with Gasteiger partial charge in [0.2, 0.25) is 0 Å². The van der Waals surface area contributed by atoms with Gasteiger partial charge in [0.05, 0.1) is 5.69 Å². The number of thiophene rings is 1. The first kappa shape index (κ1) is 11.3. The molecule has 0 amide bonds. The lowest BCUT2D eigenvalue weighted by Gasteiger charge is -2.00. The molecule has 0 bridgehead atoms. The highest BCUT2D eigenvalue weighted by atomic mass is 32.1. The maximum Gasteiger partial charge on any atom is 0.347 e. The third-order valence-electron chi connectivity index (χ3n) is 2.16. The average molecular weight is 253 g/mol. The number of rotatable bonds is 3. The van der Waals surface area contributed by atoms with Crippen molar-refractivity contribution in [3.05, 3.63) is 27.4 Å². The maximum atomic E-state index is 11.1. The van der Waals surface area contributed by atoms with Gasteiger partial charge in [-0.2, -0.15) is 11.3 Å².